The SMILES string of the molecule is COC(=O)C1CCN(C(=O)Cc2csc(NC(=O)Nc3ccc(F)cc3)n2)CC1. The van der Waals surface area contributed by atoms with Crippen LogP contribution in [0.4, 0.5) is 20.0 Å². The fourth-order valence-corrected chi connectivity index (χ4v) is 3.74. The third-order valence-corrected chi connectivity index (χ3v) is 5.40. The summed E-state index contributed by atoms with van der Waals surface area (Å²) in [6.07, 6.45) is 1.30. The Morgan fingerprint density at radius 3 is 2.55 bits per heavy atom. The van der Waals surface area contributed by atoms with Crippen LogP contribution in [0.5, 0.6) is 0 Å². The number of aromatic nitrogens is 1. The van der Waals surface area contributed by atoms with Crippen LogP contribution >= 0.6 is 11.3 Å². The first-order valence-corrected chi connectivity index (χ1v) is 9.96. The van der Waals surface area contributed by atoms with Crippen molar-refractivity contribution in [1.29, 1.82) is 0 Å². The van der Waals surface area contributed by atoms with Gasteiger partial charge in [-0.3, -0.25) is 14.9 Å². The number of benzene rings is 1. The first kappa shape index (κ1) is 20.7. The van der Waals surface area contributed by atoms with Crippen LogP contribution in [0.2, 0.25) is 0 Å². The number of likely N-dealkylation sites (tertiary alicyclic amines) is 1. The maximum Gasteiger partial charge on any atom is 0.325 e. The van der Waals surface area contributed by atoms with Crippen molar-refractivity contribution in [2.45, 2.75) is 19.3 Å². The Balaban J connectivity index is 1.47. The highest BCUT2D eigenvalue weighted by Gasteiger charge is 2.28. The average Bonchev–Trinajstić information content (AvgIpc) is 3.15. The van der Waals surface area contributed by atoms with Gasteiger partial charge < -0.3 is 15.0 Å². The van der Waals surface area contributed by atoms with Crippen LogP contribution in [-0.2, 0) is 20.7 Å². The van der Waals surface area contributed by atoms with Crippen molar-refractivity contribution in [3.63, 3.8) is 0 Å². The lowest BCUT2D eigenvalue weighted by Crippen LogP contribution is -2.41. The average molecular weight is 420 g/mol. The summed E-state index contributed by atoms with van der Waals surface area (Å²) in [6.45, 7) is 1.02. The first-order chi connectivity index (χ1) is 13.9. The predicted octanol–water partition coefficient (Wildman–Crippen LogP) is 2.88. The molecule has 154 valence electrons. The number of thiazole rings is 1. The number of amides is 3. The standard InChI is InChI=1S/C19H21FN4O4S/c1-28-17(26)12-6-8-24(9-7-12)16(25)10-15-11-29-19(22-15)23-18(27)21-14-4-2-13(20)3-5-14/h2-5,11-12H,6-10H2,1H3,(H2,21,22,23,27). The van der Waals surface area contributed by atoms with Gasteiger partial charge in [0.15, 0.2) is 5.13 Å². The van der Waals surface area contributed by atoms with E-state index in [1.165, 1.54) is 42.7 Å². The highest BCUT2D eigenvalue weighted by molar-refractivity contribution is 7.14. The Morgan fingerprint density at radius 2 is 1.90 bits per heavy atom. The van der Waals surface area contributed by atoms with Crippen molar-refractivity contribution in [2.75, 3.05) is 30.8 Å². The normalized spacial score (nSPS) is 14.3. The number of piperidine rings is 1. The van der Waals surface area contributed by atoms with E-state index in [4.69, 9.17) is 4.74 Å². The number of carbonyl (C=O) groups is 3. The van der Waals surface area contributed by atoms with E-state index in [-0.39, 0.29) is 30.0 Å². The topological polar surface area (TPSA) is 101 Å². The largest absolute Gasteiger partial charge is 0.469 e. The number of esters is 1. The summed E-state index contributed by atoms with van der Waals surface area (Å²) in [5.41, 5.74) is 1.01. The van der Waals surface area contributed by atoms with Crippen LogP contribution in [0.3, 0.4) is 0 Å². The third-order valence-electron chi connectivity index (χ3n) is 4.59. The van der Waals surface area contributed by atoms with Crippen molar-refractivity contribution < 1.29 is 23.5 Å². The minimum atomic E-state index is -0.506. The summed E-state index contributed by atoms with van der Waals surface area (Å²) in [5.74, 6) is -0.842. The summed E-state index contributed by atoms with van der Waals surface area (Å²) in [5, 5.41) is 7.24. The number of anilines is 2. The van der Waals surface area contributed by atoms with Gasteiger partial charge in [0, 0.05) is 24.2 Å². The minimum Gasteiger partial charge on any atom is -0.469 e. The van der Waals surface area contributed by atoms with Gasteiger partial charge in [0.2, 0.25) is 5.91 Å². The van der Waals surface area contributed by atoms with E-state index in [1.54, 1.807) is 10.3 Å². The molecular formula is C19H21FN4O4S. The molecule has 1 aliphatic rings. The van der Waals surface area contributed by atoms with Gasteiger partial charge in [-0.2, -0.15) is 0 Å². The lowest BCUT2D eigenvalue weighted by molar-refractivity contribution is -0.148. The van der Waals surface area contributed by atoms with E-state index in [0.717, 1.165) is 0 Å². The molecule has 1 aromatic heterocycles. The molecule has 0 aliphatic carbocycles. The summed E-state index contributed by atoms with van der Waals surface area (Å²) >= 11 is 1.21. The van der Waals surface area contributed by atoms with Gasteiger partial charge in [-0.1, -0.05) is 0 Å². The Bertz CT molecular complexity index is 879. The molecule has 1 saturated heterocycles. The maximum absolute atomic E-state index is 12.9. The predicted molar refractivity (Wildman–Crippen MR) is 106 cm³/mol. The number of ether oxygens (including phenoxy) is 1. The van der Waals surface area contributed by atoms with Crippen LogP contribution in [-0.4, -0.2) is 48.0 Å². The first-order valence-electron chi connectivity index (χ1n) is 9.08. The highest BCUT2D eigenvalue weighted by Crippen LogP contribution is 2.21. The molecule has 2 aromatic rings. The second-order valence-electron chi connectivity index (χ2n) is 6.59. The highest BCUT2D eigenvalue weighted by atomic mass is 32.1. The smallest absolute Gasteiger partial charge is 0.325 e. The van der Waals surface area contributed by atoms with E-state index >= 15 is 0 Å². The molecule has 0 bridgehead atoms. The number of rotatable bonds is 5. The maximum atomic E-state index is 12.9. The Kier molecular flexibility index (Phi) is 6.76. The number of urea groups is 1. The summed E-state index contributed by atoms with van der Waals surface area (Å²) < 4.78 is 17.6. The molecular weight excluding hydrogens is 399 g/mol. The molecule has 1 fully saturated rings. The number of halogens is 1. The van der Waals surface area contributed by atoms with Crippen LogP contribution in [0, 0.1) is 11.7 Å². The number of carbonyl (C=O) groups excluding carboxylic acids is 3. The fourth-order valence-electron chi connectivity index (χ4n) is 3.04. The van der Waals surface area contributed by atoms with Crippen molar-refractivity contribution in [1.82, 2.24) is 9.88 Å². The van der Waals surface area contributed by atoms with Crippen LogP contribution < -0.4 is 10.6 Å². The Morgan fingerprint density at radius 1 is 1.21 bits per heavy atom. The lowest BCUT2D eigenvalue weighted by atomic mass is 9.97. The van der Waals surface area contributed by atoms with E-state index in [0.29, 0.717) is 42.4 Å². The summed E-state index contributed by atoms with van der Waals surface area (Å²) in [4.78, 5) is 42.0. The van der Waals surface area contributed by atoms with Gasteiger partial charge in [0.25, 0.3) is 0 Å². The molecule has 29 heavy (non-hydrogen) atoms. The van der Waals surface area contributed by atoms with E-state index in [2.05, 4.69) is 15.6 Å². The Hall–Kier alpha value is -3.01. The summed E-state index contributed by atoms with van der Waals surface area (Å²) in [6, 6.07) is 4.88. The zero-order chi connectivity index (χ0) is 20.8. The molecule has 3 amide bonds. The number of methoxy groups -OCH3 is 1. The van der Waals surface area contributed by atoms with Crippen molar-refractivity contribution >= 4 is 40.1 Å². The van der Waals surface area contributed by atoms with Gasteiger partial charge in [-0.15, -0.1) is 11.3 Å². The molecule has 0 saturated carbocycles. The monoisotopic (exact) mass is 420 g/mol. The van der Waals surface area contributed by atoms with Gasteiger partial charge in [0.1, 0.15) is 5.82 Å². The van der Waals surface area contributed by atoms with Crippen molar-refractivity contribution in [2.24, 2.45) is 5.92 Å². The summed E-state index contributed by atoms with van der Waals surface area (Å²) in [7, 11) is 1.37. The van der Waals surface area contributed by atoms with E-state index in [9.17, 15) is 18.8 Å². The number of hydrogen-bond acceptors (Lipinski definition) is 6. The van der Waals surface area contributed by atoms with Gasteiger partial charge >= 0.3 is 12.0 Å². The molecule has 10 heteroatoms. The second kappa shape index (κ2) is 9.46. The van der Waals surface area contributed by atoms with Gasteiger partial charge in [0.05, 0.1) is 25.1 Å². The minimum absolute atomic E-state index is 0.0686. The van der Waals surface area contributed by atoms with Gasteiger partial charge in [-0.05, 0) is 37.1 Å². The zero-order valence-corrected chi connectivity index (χ0v) is 16.6. The number of nitrogens with one attached hydrogen (secondary N) is 2. The Labute approximate surface area is 171 Å². The molecule has 1 aliphatic heterocycles. The lowest BCUT2D eigenvalue weighted by Gasteiger charge is -2.30. The number of nitrogens with zero attached hydrogens (tertiary/aromatic N) is 2. The van der Waals surface area contributed by atoms with Crippen LogP contribution in [0.1, 0.15) is 18.5 Å². The molecule has 3 rings (SSSR count). The second-order valence-corrected chi connectivity index (χ2v) is 7.44. The fraction of sp³-hybridized carbons (Fsp3) is 0.368. The molecule has 0 unspecified atom stereocenters. The molecule has 0 spiro atoms. The zero-order valence-electron chi connectivity index (χ0n) is 15.8. The molecule has 2 N–H and O–H groups in total. The van der Waals surface area contributed by atoms with Crippen LogP contribution in [0.15, 0.2) is 29.6 Å². The van der Waals surface area contributed by atoms with E-state index in [1.807, 2.05) is 0 Å². The van der Waals surface area contributed by atoms with E-state index < -0.39 is 6.03 Å². The molecule has 8 nitrogen and oxygen atoms in total. The molecule has 0 radical (unpaired) electrons. The number of hydrogen-bond donors (Lipinski definition) is 2. The van der Waals surface area contributed by atoms with Gasteiger partial charge in [-0.25, -0.2) is 14.2 Å². The molecule has 2 heterocycles. The van der Waals surface area contributed by atoms with Crippen molar-refractivity contribution in [3.05, 3.63) is 41.2 Å². The van der Waals surface area contributed by atoms with Crippen molar-refractivity contribution in [3.8, 4) is 0 Å². The quantitative estimate of drug-likeness (QED) is 0.725. The third kappa shape index (κ3) is 5.74. The molecule has 1 aromatic carbocycles. The molecule has 0 atom stereocenters. The van der Waals surface area contributed by atoms with Crippen LogP contribution in [0.25, 0.3) is 0 Å².